The van der Waals surface area contributed by atoms with E-state index in [-0.39, 0.29) is 44.2 Å². The lowest BCUT2D eigenvalue weighted by Crippen LogP contribution is -2.39. The first-order valence-corrected chi connectivity index (χ1v) is 17.7. The summed E-state index contributed by atoms with van der Waals surface area (Å²) in [7, 11) is 0. The summed E-state index contributed by atoms with van der Waals surface area (Å²) in [4.78, 5) is 30.4. The van der Waals surface area contributed by atoms with Crippen LogP contribution in [0.4, 0.5) is 0 Å². The molecule has 2 heterocycles. The molecule has 0 spiro atoms. The van der Waals surface area contributed by atoms with Gasteiger partial charge in [0.05, 0.1) is 11.5 Å². The Labute approximate surface area is 273 Å². The standard InChI is InChI=1S/C36H52N2O4S2/c1-33(2,3)23-15-21(16-24(29(23)41)34(4,5)6)31-37(27(39)19-43-31)13-14-38-28(40)20-44-32(38)22-17-25(35(7,8)9)30(42)26(18-22)36(10,11)12/h15-18,31-32,41-42H,13-14,19-20H2,1-12H3/t31-,32+. The van der Waals surface area contributed by atoms with E-state index in [0.717, 1.165) is 33.4 Å². The van der Waals surface area contributed by atoms with Crippen molar-refractivity contribution in [3.8, 4) is 11.5 Å². The fourth-order valence-corrected chi connectivity index (χ4v) is 8.44. The van der Waals surface area contributed by atoms with Gasteiger partial charge in [-0.1, -0.05) is 83.1 Å². The number of carbonyl (C=O) groups excluding carboxylic acids is 2. The number of aromatic hydroxyl groups is 2. The number of hydrogen-bond acceptors (Lipinski definition) is 6. The smallest absolute Gasteiger partial charge is 0.233 e. The molecule has 0 bridgehead atoms. The zero-order valence-corrected chi connectivity index (χ0v) is 30.3. The Morgan fingerprint density at radius 1 is 0.568 bits per heavy atom. The number of nitrogens with zero attached hydrogens (tertiary/aromatic N) is 2. The van der Waals surface area contributed by atoms with Crippen LogP contribution in [-0.4, -0.2) is 56.4 Å². The predicted octanol–water partition coefficient (Wildman–Crippen LogP) is 8.14. The van der Waals surface area contributed by atoms with Gasteiger partial charge in [-0.25, -0.2) is 0 Å². The fraction of sp³-hybridized carbons (Fsp3) is 0.611. The summed E-state index contributed by atoms with van der Waals surface area (Å²) in [6.45, 7) is 26.0. The minimum Gasteiger partial charge on any atom is -0.507 e. The molecule has 2 N–H and O–H groups in total. The molecule has 2 atom stereocenters. The first-order chi connectivity index (χ1) is 20.0. The van der Waals surface area contributed by atoms with E-state index in [2.05, 4.69) is 107 Å². The summed E-state index contributed by atoms with van der Waals surface area (Å²) in [5.74, 6) is 1.55. The van der Waals surface area contributed by atoms with Crippen LogP contribution >= 0.6 is 23.5 Å². The highest BCUT2D eigenvalue weighted by Crippen LogP contribution is 2.48. The van der Waals surface area contributed by atoms with Crippen LogP contribution in [-0.2, 0) is 31.2 Å². The molecular weight excluding hydrogens is 589 g/mol. The number of hydrogen-bond donors (Lipinski definition) is 2. The highest BCUT2D eigenvalue weighted by molar-refractivity contribution is 8.00. The molecule has 2 fully saturated rings. The lowest BCUT2D eigenvalue weighted by atomic mass is 9.78. The van der Waals surface area contributed by atoms with Gasteiger partial charge in [0.15, 0.2) is 0 Å². The predicted molar refractivity (Wildman–Crippen MR) is 185 cm³/mol. The number of benzene rings is 2. The van der Waals surface area contributed by atoms with E-state index in [9.17, 15) is 19.8 Å². The summed E-state index contributed by atoms with van der Waals surface area (Å²) in [5.41, 5.74) is 4.44. The molecule has 0 unspecified atom stereocenters. The first kappa shape index (κ1) is 34.6. The minimum absolute atomic E-state index is 0.0632. The Hall–Kier alpha value is -2.32. The second-order valence-electron chi connectivity index (χ2n) is 16.4. The molecule has 2 saturated heterocycles. The monoisotopic (exact) mass is 640 g/mol. The van der Waals surface area contributed by atoms with Crippen LogP contribution < -0.4 is 0 Å². The van der Waals surface area contributed by atoms with Crippen LogP contribution in [0.2, 0.25) is 0 Å². The van der Waals surface area contributed by atoms with Crippen LogP contribution in [0.1, 0.15) is 127 Å². The van der Waals surface area contributed by atoms with Crippen molar-refractivity contribution in [1.29, 1.82) is 0 Å². The highest BCUT2D eigenvalue weighted by Gasteiger charge is 2.39. The highest BCUT2D eigenvalue weighted by atomic mass is 32.2. The van der Waals surface area contributed by atoms with Crippen LogP contribution in [0.25, 0.3) is 0 Å². The maximum Gasteiger partial charge on any atom is 0.233 e. The van der Waals surface area contributed by atoms with Gasteiger partial charge in [-0.05, 0) is 79.3 Å². The molecule has 6 nitrogen and oxygen atoms in total. The Balaban J connectivity index is 1.68. The van der Waals surface area contributed by atoms with Crippen molar-refractivity contribution in [2.24, 2.45) is 0 Å². The van der Waals surface area contributed by atoms with Crippen molar-refractivity contribution in [1.82, 2.24) is 9.80 Å². The molecule has 0 radical (unpaired) electrons. The van der Waals surface area contributed by atoms with Crippen LogP contribution in [0.15, 0.2) is 24.3 Å². The Kier molecular flexibility index (Phi) is 9.26. The molecule has 0 aromatic heterocycles. The summed E-state index contributed by atoms with van der Waals surface area (Å²) in [6.07, 6.45) is 0. The van der Waals surface area contributed by atoms with Crippen LogP contribution in [0.5, 0.6) is 11.5 Å². The van der Waals surface area contributed by atoms with Crippen molar-refractivity contribution in [3.05, 3.63) is 57.6 Å². The van der Waals surface area contributed by atoms with Crippen molar-refractivity contribution >= 4 is 35.3 Å². The number of carbonyl (C=O) groups is 2. The van der Waals surface area contributed by atoms with Gasteiger partial charge < -0.3 is 20.0 Å². The van der Waals surface area contributed by atoms with Crippen LogP contribution in [0.3, 0.4) is 0 Å². The third-order valence-corrected chi connectivity index (χ3v) is 11.1. The average molecular weight is 641 g/mol. The summed E-state index contributed by atoms with van der Waals surface area (Å²) in [5, 5.41) is 22.1. The number of amides is 2. The number of rotatable bonds is 5. The van der Waals surface area contributed by atoms with Crippen molar-refractivity contribution in [3.63, 3.8) is 0 Å². The van der Waals surface area contributed by atoms with E-state index in [0.29, 0.717) is 36.1 Å². The number of phenolic OH excluding ortho intramolecular Hbond substituents is 2. The topological polar surface area (TPSA) is 81.1 Å². The maximum absolute atomic E-state index is 13.3. The third-order valence-electron chi connectivity index (χ3n) is 8.58. The average Bonchev–Trinajstić information content (AvgIpc) is 3.41. The molecule has 4 rings (SSSR count). The zero-order valence-electron chi connectivity index (χ0n) is 28.7. The lowest BCUT2D eigenvalue weighted by Gasteiger charge is -2.33. The Bertz CT molecular complexity index is 1260. The van der Waals surface area contributed by atoms with E-state index in [1.165, 1.54) is 0 Å². The van der Waals surface area contributed by atoms with Gasteiger partial charge in [0, 0.05) is 13.1 Å². The fourth-order valence-electron chi connectivity index (χ4n) is 6.05. The number of thioether (sulfide) groups is 2. The molecule has 2 amide bonds. The summed E-state index contributed by atoms with van der Waals surface area (Å²) >= 11 is 3.21. The van der Waals surface area contributed by atoms with E-state index < -0.39 is 0 Å². The van der Waals surface area contributed by atoms with E-state index in [1.807, 2.05) is 9.80 Å². The van der Waals surface area contributed by atoms with Gasteiger partial charge in [-0.2, -0.15) is 0 Å². The molecule has 2 aromatic carbocycles. The van der Waals surface area contributed by atoms with E-state index in [1.54, 1.807) is 23.5 Å². The Morgan fingerprint density at radius 2 is 0.818 bits per heavy atom. The molecule has 8 heteroatoms. The van der Waals surface area contributed by atoms with Gasteiger partial charge >= 0.3 is 0 Å². The lowest BCUT2D eigenvalue weighted by molar-refractivity contribution is -0.132. The second kappa shape index (κ2) is 11.8. The van der Waals surface area contributed by atoms with E-state index >= 15 is 0 Å². The van der Waals surface area contributed by atoms with Gasteiger partial charge in [0.1, 0.15) is 22.2 Å². The molecule has 44 heavy (non-hydrogen) atoms. The number of phenols is 2. The minimum atomic E-state index is -0.271. The normalized spacial score (nSPS) is 20.3. The molecule has 0 saturated carbocycles. The van der Waals surface area contributed by atoms with Gasteiger partial charge in [-0.15, -0.1) is 23.5 Å². The van der Waals surface area contributed by atoms with E-state index in [4.69, 9.17) is 0 Å². The van der Waals surface area contributed by atoms with Gasteiger partial charge in [0.2, 0.25) is 11.8 Å². The van der Waals surface area contributed by atoms with Gasteiger partial charge in [0.25, 0.3) is 0 Å². The quantitative estimate of drug-likeness (QED) is 0.344. The summed E-state index contributed by atoms with van der Waals surface area (Å²) < 4.78 is 0. The molecule has 2 aliphatic heterocycles. The largest absolute Gasteiger partial charge is 0.507 e. The molecule has 0 aliphatic carbocycles. The van der Waals surface area contributed by atoms with Crippen molar-refractivity contribution in [2.45, 2.75) is 115 Å². The second-order valence-corrected chi connectivity index (χ2v) is 18.6. The van der Waals surface area contributed by atoms with Crippen molar-refractivity contribution in [2.75, 3.05) is 24.6 Å². The molecular formula is C36H52N2O4S2. The summed E-state index contributed by atoms with van der Waals surface area (Å²) in [6, 6.07) is 8.25. The zero-order chi connectivity index (χ0) is 33.2. The third kappa shape index (κ3) is 6.91. The van der Waals surface area contributed by atoms with Gasteiger partial charge in [-0.3, -0.25) is 9.59 Å². The molecule has 2 aromatic rings. The molecule has 2 aliphatic rings. The molecule has 242 valence electrons. The maximum atomic E-state index is 13.3. The first-order valence-electron chi connectivity index (χ1n) is 15.6. The SMILES string of the molecule is CC(C)(C)c1cc([C@H]2SCC(=O)N2CCN2C(=O)CS[C@H]2c2cc(C(C)(C)C)c(O)c(C(C)(C)C)c2)cc(C(C)(C)C)c1O. The van der Waals surface area contributed by atoms with Crippen LogP contribution in [0, 0.1) is 0 Å². The van der Waals surface area contributed by atoms with Crippen molar-refractivity contribution < 1.29 is 19.8 Å². The Morgan fingerprint density at radius 3 is 1.05 bits per heavy atom.